The summed E-state index contributed by atoms with van der Waals surface area (Å²) >= 11 is 0. The van der Waals surface area contributed by atoms with Crippen LogP contribution in [0, 0.1) is 0 Å². The van der Waals surface area contributed by atoms with Gasteiger partial charge in [0.15, 0.2) is 5.79 Å². The van der Waals surface area contributed by atoms with Crippen LogP contribution < -0.4 is 0 Å². The highest BCUT2D eigenvalue weighted by molar-refractivity contribution is 7.89. The Morgan fingerprint density at radius 2 is 2.11 bits per heavy atom. The third-order valence-electron chi connectivity index (χ3n) is 3.29. The highest BCUT2D eigenvalue weighted by Gasteiger charge is 2.47. The van der Waals surface area contributed by atoms with Crippen LogP contribution >= 0.6 is 0 Å². The Labute approximate surface area is 105 Å². The SMILES string of the molecule is Cn1cc(S(=O)(=O)N2CCC3(C2)OCCO3)cn1. The molecule has 0 radical (unpaired) electrons. The van der Waals surface area contributed by atoms with Crippen LogP contribution in [0.3, 0.4) is 0 Å². The lowest BCUT2D eigenvalue weighted by molar-refractivity contribution is -0.142. The zero-order valence-corrected chi connectivity index (χ0v) is 10.9. The van der Waals surface area contributed by atoms with E-state index in [-0.39, 0.29) is 11.4 Å². The smallest absolute Gasteiger partial charge is 0.246 e. The van der Waals surface area contributed by atoms with E-state index < -0.39 is 15.8 Å². The molecule has 3 rings (SSSR count). The first-order chi connectivity index (χ1) is 8.52. The molecule has 7 nitrogen and oxygen atoms in total. The number of ether oxygens (including phenoxy) is 2. The molecule has 1 aromatic heterocycles. The number of sulfonamides is 1. The highest BCUT2D eigenvalue weighted by Crippen LogP contribution is 2.33. The van der Waals surface area contributed by atoms with Crippen LogP contribution in [-0.2, 0) is 26.5 Å². The van der Waals surface area contributed by atoms with E-state index in [1.807, 2.05) is 0 Å². The summed E-state index contributed by atoms with van der Waals surface area (Å²) < 4.78 is 38.6. The standard InChI is InChI=1S/C10H15N3O4S/c1-12-7-9(6-11-12)18(14,15)13-3-2-10(8-13)16-4-5-17-10/h6-7H,2-5,8H2,1H3. The third kappa shape index (κ3) is 1.85. The molecular formula is C10H15N3O4S. The predicted molar refractivity (Wildman–Crippen MR) is 61.2 cm³/mol. The van der Waals surface area contributed by atoms with Crippen LogP contribution in [0.1, 0.15) is 6.42 Å². The van der Waals surface area contributed by atoms with Crippen LogP contribution in [0.25, 0.3) is 0 Å². The summed E-state index contributed by atoms with van der Waals surface area (Å²) in [5.74, 6) is -0.727. The first kappa shape index (κ1) is 12.1. The molecule has 1 spiro atoms. The summed E-state index contributed by atoms with van der Waals surface area (Å²) in [4.78, 5) is 0.208. The van der Waals surface area contributed by atoms with E-state index in [0.29, 0.717) is 26.2 Å². The van der Waals surface area contributed by atoms with Gasteiger partial charge in [0.2, 0.25) is 10.0 Å². The molecule has 0 atom stereocenters. The second-order valence-corrected chi connectivity index (χ2v) is 6.48. The van der Waals surface area contributed by atoms with Gasteiger partial charge in [-0.15, -0.1) is 0 Å². The molecule has 0 saturated carbocycles. The molecule has 100 valence electrons. The number of aryl methyl sites for hydroxylation is 1. The molecule has 18 heavy (non-hydrogen) atoms. The van der Waals surface area contributed by atoms with E-state index in [1.54, 1.807) is 7.05 Å². The van der Waals surface area contributed by atoms with Gasteiger partial charge in [-0.3, -0.25) is 4.68 Å². The van der Waals surface area contributed by atoms with Gasteiger partial charge in [0.05, 0.1) is 26.0 Å². The van der Waals surface area contributed by atoms with Crippen molar-refractivity contribution >= 4 is 10.0 Å². The van der Waals surface area contributed by atoms with Crippen molar-refractivity contribution in [3.63, 3.8) is 0 Å². The Morgan fingerprint density at radius 3 is 2.72 bits per heavy atom. The fraction of sp³-hybridized carbons (Fsp3) is 0.700. The van der Waals surface area contributed by atoms with Crippen molar-refractivity contribution in [2.45, 2.75) is 17.1 Å². The summed E-state index contributed by atoms with van der Waals surface area (Å²) in [5.41, 5.74) is 0. The lowest BCUT2D eigenvalue weighted by atomic mass is 10.2. The highest BCUT2D eigenvalue weighted by atomic mass is 32.2. The zero-order valence-electron chi connectivity index (χ0n) is 10.1. The first-order valence-electron chi connectivity index (χ1n) is 5.79. The van der Waals surface area contributed by atoms with E-state index in [0.717, 1.165) is 0 Å². The molecule has 3 heterocycles. The predicted octanol–water partition coefficient (Wildman–Crippen LogP) is -0.442. The molecule has 8 heteroatoms. The van der Waals surface area contributed by atoms with E-state index in [1.165, 1.54) is 21.4 Å². The van der Waals surface area contributed by atoms with E-state index >= 15 is 0 Å². The van der Waals surface area contributed by atoms with Crippen LogP contribution in [0.5, 0.6) is 0 Å². The molecule has 2 aliphatic heterocycles. The average Bonchev–Trinajstić information content (AvgIpc) is 3.02. The van der Waals surface area contributed by atoms with Crippen molar-refractivity contribution in [2.75, 3.05) is 26.3 Å². The summed E-state index contributed by atoms with van der Waals surface area (Å²) in [6, 6.07) is 0. The maximum Gasteiger partial charge on any atom is 0.246 e. The topological polar surface area (TPSA) is 73.7 Å². The molecule has 0 N–H and O–H groups in total. The molecular weight excluding hydrogens is 258 g/mol. The zero-order chi connectivity index (χ0) is 12.8. The second kappa shape index (κ2) is 4.02. The monoisotopic (exact) mass is 273 g/mol. The molecule has 0 bridgehead atoms. The summed E-state index contributed by atoms with van der Waals surface area (Å²) in [6.07, 6.45) is 3.43. The molecule has 0 amide bonds. The van der Waals surface area contributed by atoms with Crippen LogP contribution in [-0.4, -0.2) is 54.6 Å². The Balaban J connectivity index is 1.83. The Bertz CT molecular complexity index is 547. The van der Waals surface area contributed by atoms with Crippen LogP contribution in [0.4, 0.5) is 0 Å². The van der Waals surface area contributed by atoms with Crippen molar-refractivity contribution < 1.29 is 17.9 Å². The minimum absolute atomic E-state index is 0.208. The van der Waals surface area contributed by atoms with E-state index in [2.05, 4.69) is 5.10 Å². The third-order valence-corrected chi connectivity index (χ3v) is 5.09. The van der Waals surface area contributed by atoms with Gasteiger partial charge >= 0.3 is 0 Å². The normalized spacial score (nSPS) is 24.1. The molecule has 0 aromatic carbocycles. The maximum absolute atomic E-state index is 12.3. The quantitative estimate of drug-likeness (QED) is 0.730. The molecule has 0 aliphatic carbocycles. The molecule has 2 fully saturated rings. The van der Waals surface area contributed by atoms with Crippen molar-refractivity contribution in [1.82, 2.24) is 14.1 Å². The fourth-order valence-electron chi connectivity index (χ4n) is 2.34. The first-order valence-corrected chi connectivity index (χ1v) is 7.23. The minimum Gasteiger partial charge on any atom is -0.346 e. The molecule has 2 saturated heterocycles. The van der Waals surface area contributed by atoms with E-state index in [9.17, 15) is 8.42 Å². The number of hydrogen-bond acceptors (Lipinski definition) is 5. The summed E-state index contributed by atoms with van der Waals surface area (Å²) in [5, 5.41) is 3.89. The van der Waals surface area contributed by atoms with Crippen LogP contribution in [0.15, 0.2) is 17.3 Å². The van der Waals surface area contributed by atoms with Crippen molar-refractivity contribution in [3.8, 4) is 0 Å². The Hall–Kier alpha value is -0.960. The lowest BCUT2D eigenvalue weighted by Crippen LogP contribution is -2.36. The Kier molecular flexibility index (Phi) is 2.70. The molecule has 2 aliphatic rings. The van der Waals surface area contributed by atoms with Crippen LogP contribution in [0.2, 0.25) is 0 Å². The maximum atomic E-state index is 12.3. The number of aromatic nitrogens is 2. The van der Waals surface area contributed by atoms with Crippen molar-refractivity contribution in [1.29, 1.82) is 0 Å². The summed E-state index contributed by atoms with van der Waals surface area (Å²) in [6.45, 7) is 1.73. The van der Waals surface area contributed by atoms with Crippen molar-refractivity contribution in [3.05, 3.63) is 12.4 Å². The number of hydrogen-bond donors (Lipinski definition) is 0. The lowest BCUT2D eigenvalue weighted by Gasteiger charge is -2.21. The van der Waals surface area contributed by atoms with Gasteiger partial charge < -0.3 is 9.47 Å². The largest absolute Gasteiger partial charge is 0.346 e. The van der Waals surface area contributed by atoms with Gasteiger partial charge in [-0.05, 0) is 0 Å². The molecule has 1 aromatic rings. The van der Waals surface area contributed by atoms with Gasteiger partial charge in [-0.25, -0.2) is 8.42 Å². The number of nitrogens with zero attached hydrogens (tertiary/aromatic N) is 3. The fourth-order valence-corrected chi connectivity index (χ4v) is 3.80. The number of rotatable bonds is 2. The second-order valence-electron chi connectivity index (χ2n) is 4.55. The Morgan fingerprint density at radius 1 is 1.39 bits per heavy atom. The van der Waals surface area contributed by atoms with Gasteiger partial charge in [0.25, 0.3) is 0 Å². The van der Waals surface area contributed by atoms with Gasteiger partial charge in [-0.1, -0.05) is 0 Å². The van der Waals surface area contributed by atoms with Gasteiger partial charge in [0, 0.05) is 26.2 Å². The van der Waals surface area contributed by atoms with Gasteiger partial charge in [-0.2, -0.15) is 9.40 Å². The average molecular weight is 273 g/mol. The minimum atomic E-state index is -3.49. The summed E-state index contributed by atoms with van der Waals surface area (Å²) in [7, 11) is -1.80. The molecule has 0 unspecified atom stereocenters. The van der Waals surface area contributed by atoms with Crippen molar-refractivity contribution in [2.24, 2.45) is 7.05 Å². The van der Waals surface area contributed by atoms with E-state index in [4.69, 9.17) is 9.47 Å². The van der Waals surface area contributed by atoms with Gasteiger partial charge in [0.1, 0.15) is 4.90 Å².